The minimum atomic E-state index is -0.0483. The molecule has 1 unspecified atom stereocenters. The largest absolute Gasteiger partial charge is 0.341 e. The SMILES string of the molecule is CN(CCC1CCCCN1C)C(=O)C1=NN(C)C(=O)CC1. The van der Waals surface area contributed by atoms with Gasteiger partial charge >= 0.3 is 0 Å². The molecule has 0 aliphatic carbocycles. The third-order valence-corrected chi connectivity index (χ3v) is 4.52. The molecule has 2 amide bonds. The van der Waals surface area contributed by atoms with Gasteiger partial charge in [0.15, 0.2) is 0 Å². The van der Waals surface area contributed by atoms with Gasteiger partial charge in [-0.3, -0.25) is 9.59 Å². The number of carbonyl (C=O) groups excluding carboxylic acids is 2. The van der Waals surface area contributed by atoms with Gasteiger partial charge < -0.3 is 9.80 Å². The predicted molar refractivity (Wildman–Crippen MR) is 82.0 cm³/mol. The molecule has 1 fully saturated rings. The summed E-state index contributed by atoms with van der Waals surface area (Å²) in [7, 11) is 5.59. The van der Waals surface area contributed by atoms with E-state index in [1.54, 1.807) is 11.9 Å². The van der Waals surface area contributed by atoms with Crippen molar-refractivity contribution in [1.29, 1.82) is 0 Å². The third kappa shape index (κ3) is 4.03. The highest BCUT2D eigenvalue weighted by Crippen LogP contribution is 2.18. The standard InChI is InChI=1S/C15H26N4O2/c1-17-10-5-4-6-12(17)9-11-18(2)15(21)13-7-8-14(20)19(3)16-13/h12H,4-11H2,1-3H3. The molecule has 0 aromatic carbocycles. The highest BCUT2D eigenvalue weighted by atomic mass is 16.2. The maximum Gasteiger partial charge on any atom is 0.269 e. The van der Waals surface area contributed by atoms with Gasteiger partial charge in [0.05, 0.1) is 0 Å². The van der Waals surface area contributed by atoms with Crippen molar-refractivity contribution < 1.29 is 9.59 Å². The lowest BCUT2D eigenvalue weighted by Gasteiger charge is -2.33. The van der Waals surface area contributed by atoms with Crippen LogP contribution in [0.2, 0.25) is 0 Å². The van der Waals surface area contributed by atoms with Gasteiger partial charge in [-0.15, -0.1) is 0 Å². The van der Waals surface area contributed by atoms with Crippen LogP contribution in [0.5, 0.6) is 0 Å². The van der Waals surface area contributed by atoms with Gasteiger partial charge in [0, 0.05) is 39.5 Å². The number of nitrogens with zero attached hydrogens (tertiary/aromatic N) is 4. The molecule has 1 atom stereocenters. The maximum atomic E-state index is 12.3. The zero-order valence-corrected chi connectivity index (χ0v) is 13.3. The fraction of sp³-hybridized carbons (Fsp3) is 0.800. The molecule has 2 aliphatic heterocycles. The Bertz CT molecular complexity index is 435. The molecule has 0 aromatic rings. The van der Waals surface area contributed by atoms with E-state index in [9.17, 15) is 9.59 Å². The molecular formula is C15H26N4O2. The van der Waals surface area contributed by atoms with Crippen molar-refractivity contribution in [3.05, 3.63) is 0 Å². The van der Waals surface area contributed by atoms with E-state index < -0.39 is 0 Å². The van der Waals surface area contributed by atoms with Crippen molar-refractivity contribution in [1.82, 2.24) is 14.8 Å². The molecule has 6 heteroatoms. The van der Waals surface area contributed by atoms with Crippen LogP contribution in [-0.4, -0.2) is 72.6 Å². The Hall–Kier alpha value is -1.43. The molecule has 0 spiro atoms. The van der Waals surface area contributed by atoms with Crippen LogP contribution in [0, 0.1) is 0 Å². The molecular weight excluding hydrogens is 268 g/mol. The second-order valence-electron chi connectivity index (χ2n) is 6.11. The molecule has 0 radical (unpaired) electrons. The summed E-state index contributed by atoms with van der Waals surface area (Å²) in [5, 5.41) is 5.37. The number of hydrogen-bond donors (Lipinski definition) is 0. The van der Waals surface area contributed by atoms with E-state index in [-0.39, 0.29) is 11.8 Å². The van der Waals surface area contributed by atoms with Gasteiger partial charge in [0.25, 0.3) is 5.91 Å². The van der Waals surface area contributed by atoms with Crippen LogP contribution in [-0.2, 0) is 9.59 Å². The van der Waals surface area contributed by atoms with E-state index in [1.165, 1.54) is 24.3 Å². The highest BCUT2D eigenvalue weighted by molar-refractivity contribution is 6.39. The summed E-state index contributed by atoms with van der Waals surface area (Å²) in [6.45, 7) is 1.90. The van der Waals surface area contributed by atoms with Gasteiger partial charge in [-0.1, -0.05) is 6.42 Å². The van der Waals surface area contributed by atoms with Crippen LogP contribution in [0.3, 0.4) is 0 Å². The van der Waals surface area contributed by atoms with Crippen LogP contribution in [0.1, 0.15) is 38.5 Å². The Balaban J connectivity index is 1.85. The number of hydrazone groups is 1. The lowest BCUT2D eigenvalue weighted by Crippen LogP contribution is -2.42. The van der Waals surface area contributed by atoms with E-state index >= 15 is 0 Å². The Morgan fingerprint density at radius 3 is 2.76 bits per heavy atom. The summed E-state index contributed by atoms with van der Waals surface area (Å²) in [4.78, 5) is 27.9. The fourth-order valence-electron chi connectivity index (χ4n) is 3.00. The number of hydrogen-bond acceptors (Lipinski definition) is 4. The maximum absolute atomic E-state index is 12.3. The van der Waals surface area contributed by atoms with E-state index in [4.69, 9.17) is 0 Å². The molecule has 21 heavy (non-hydrogen) atoms. The van der Waals surface area contributed by atoms with Crippen molar-refractivity contribution in [2.45, 2.75) is 44.6 Å². The van der Waals surface area contributed by atoms with Gasteiger partial charge in [-0.25, -0.2) is 5.01 Å². The van der Waals surface area contributed by atoms with E-state index in [0.717, 1.165) is 19.5 Å². The minimum Gasteiger partial charge on any atom is -0.341 e. The van der Waals surface area contributed by atoms with Gasteiger partial charge in [-0.05, 0) is 32.9 Å². The molecule has 0 saturated carbocycles. The van der Waals surface area contributed by atoms with Gasteiger partial charge in [0.1, 0.15) is 5.71 Å². The summed E-state index contributed by atoms with van der Waals surface area (Å²) >= 11 is 0. The Labute approximate surface area is 126 Å². The molecule has 118 valence electrons. The lowest BCUT2D eigenvalue weighted by molar-refractivity contribution is -0.130. The first-order valence-corrected chi connectivity index (χ1v) is 7.78. The third-order valence-electron chi connectivity index (χ3n) is 4.52. The van der Waals surface area contributed by atoms with E-state index in [1.807, 2.05) is 7.05 Å². The number of carbonyl (C=O) groups is 2. The average Bonchev–Trinajstić information content (AvgIpc) is 2.48. The minimum absolute atomic E-state index is 0.0296. The predicted octanol–water partition coefficient (Wildman–Crippen LogP) is 0.927. The summed E-state index contributed by atoms with van der Waals surface area (Å²) in [6, 6.07) is 0.576. The van der Waals surface area contributed by atoms with E-state index in [0.29, 0.717) is 24.6 Å². The summed E-state index contributed by atoms with van der Waals surface area (Å²) in [5.41, 5.74) is 0.497. The monoisotopic (exact) mass is 294 g/mol. The molecule has 6 nitrogen and oxygen atoms in total. The normalized spacial score (nSPS) is 24.0. The molecule has 1 saturated heterocycles. The molecule has 2 rings (SSSR count). The van der Waals surface area contributed by atoms with Crippen LogP contribution in [0.25, 0.3) is 0 Å². The molecule has 0 aromatic heterocycles. The molecule has 2 heterocycles. The average molecular weight is 294 g/mol. The van der Waals surface area contributed by atoms with Crippen molar-refractivity contribution in [2.24, 2.45) is 5.10 Å². The van der Waals surface area contributed by atoms with Crippen molar-refractivity contribution >= 4 is 17.5 Å². The quantitative estimate of drug-likeness (QED) is 0.775. The smallest absolute Gasteiger partial charge is 0.269 e. The first-order chi connectivity index (χ1) is 9.99. The van der Waals surface area contributed by atoms with E-state index in [2.05, 4.69) is 17.0 Å². The van der Waals surface area contributed by atoms with Crippen LogP contribution < -0.4 is 0 Å². The van der Waals surface area contributed by atoms with Crippen LogP contribution in [0.4, 0.5) is 0 Å². The zero-order valence-electron chi connectivity index (χ0n) is 13.3. The van der Waals surface area contributed by atoms with Gasteiger partial charge in [-0.2, -0.15) is 5.10 Å². The topological polar surface area (TPSA) is 56.2 Å². The first kappa shape index (κ1) is 15.9. The molecule has 0 N–H and O–H groups in total. The lowest BCUT2D eigenvalue weighted by atomic mass is 10.00. The molecule has 0 bridgehead atoms. The van der Waals surface area contributed by atoms with Crippen molar-refractivity contribution in [3.8, 4) is 0 Å². The summed E-state index contributed by atoms with van der Waals surface area (Å²) < 4.78 is 0. The second-order valence-corrected chi connectivity index (χ2v) is 6.11. The number of rotatable bonds is 4. The number of likely N-dealkylation sites (tertiary alicyclic amines) is 1. The fourth-order valence-corrected chi connectivity index (χ4v) is 3.00. The Morgan fingerprint density at radius 1 is 1.33 bits per heavy atom. The second kappa shape index (κ2) is 7.02. The molecule has 2 aliphatic rings. The Kier molecular flexibility index (Phi) is 5.33. The highest BCUT2D eigenvalue weighted by Gasteiger charge is 2.25. The summed E-state index contributed by atoms with van der Waals surface area (Å²) in [6.07, 6.45) is 5.61. The number of piperidine rings is 1. The van der Waals surface area contributed by atoms with Crippen molar-refractivity contribution in [3.63, 3.8) is 0 Å². The van der Waals surface area contributed by atoms with Crippen LogP contribution >= 0.6 is 0 Å². The summed E-state index contributed by atoms with van der Waals surface area (Å²) in [5.74, 6) is -0.0779. The Morgan fingerprint density at radius 2 is 2.10 bits per heavy atom. The van der Waals surface area contributed by atoms with Crippen molar-refractivity contribution in [2.75, 3.05) is 34.2 Å². The first-order valence-electron chi connectivity index (χ1n) is 7.78. The zero-order chi connectivity index (χ0) is 15.4. The van der Waals surface area contributed by atoms with Gasteiger partial charge in [0.2, 0.25) is 5.91 Å². The number of amides is 2. The van der Waals surface area contributed by atoms with Crippen LogP contribution in [0.15, 0.2) is 5.10 Å².